The van der Waals surface area contributed by atoms with Gasteiger partial charge in [-0.05, 0) is 37.3 Å². The van der Waals surface area contributed by atoms with Crippen molar-refractivity contribution in [1.29, 1.82) is 0 Å². The number of methoxy groups -OCH3 is 1. The van der Waals surface area contributed by atoms with Crippen molar-refractivity contribution in [2.45, 2.75) is 11.8 Å². The van der Waals surface area contributed by atoms with E-state index in [0.29, 0.717) is 5.69 Å². The smallest absolute Gasteiger partial charge is 0.264 e. The summed E-state index contributed by atoms with van der Waals surface area (Å²) in [6, 6.07) is 10.6. The van der Waals surface area contributed by atoms with Gasteiger partial charge in [-0.15, -0.1) is 0 Å². The molecule has 0 saturated carbocycles. The molecule has 0 fully saturated rings. The molecule has 2 aromatic rings. The molecular weight excluding hydrogens is 293 g/mol. The van der Waals surface area contributed by atoms with E-state index in [-0.39, 0.29) is 10.6 Å². The Bertz CT molecular complexity index is 742. The number of aryl methyl sites for hydroxylation is 1. The van der Waals surface area contributed by atoms with Crippen molar-refractivity contribution >= 4 is 15.7 Å². The van der Waals surface area contributed by atoms with E-state index in [1.165, 1.54) is 26.3 Å². The summed E-state index contributed by atoms with van der Waals surface area (Å²) in [5.74, 6) is -0.706. The van der Waals surface area contributed by atoms with Crippen LogP contribution >= 0.6 is 0 Å². The minimum Gasteiger partial charge on any atom is -0.494 e. The maximum Gasteiger partial charge on any atom is 0.264 e. The molecule has 0 saturated heterocycles. The number of hydrogen-bond donors (Lipinski definition) is 0. The Morgan fingerprint density at radius 1 is 1.10 bits per heavy atom. The maximum absolute atomic E-state index is 13.7. The van der Waals surface area contributed by atoms with Gasteiger partial charge in [-0.25, -0.2) is 12.8 Å². The fourth-order valence-electron chi connectivity index (χ4n) is 1.86. The summed E-state index contributed by atoms with van der Waals surface area (Å²) in [5.41, 5.74) is 1.54. The topological polar surface area (TPSA) is 46.6 Å². The Hall–Kier alpha value is -2.08. The number of rotatable bonds is 4. The van der Waals surface area contributed by atoms with Gasteiger partial charge < -0.3 is 4.74 Å². The molecule has 0 radical (unpaired) electrons. The predicted octanol–water partition coefficient (Wildman–Crippen LogP) is 2.97. The molecule has 0 aliphatic rings. The molecule has 0 aliphatic heterocycles. The lowest BCUT2D eigenvalue weighted by Crippen LogP contribution is -2.26. The first-order valence-corrected chi connectivity index (χ1v) is 7.69. The maximum atomic E-state index is 13.7. The summed E-state index contributed by atoms with van der Waals surface area (Å²) in [7, 11) is -1.06. The minimum atomic E-state index is -3.81. The van der Waals surface area contributed by atoms with Crippen LogP contribution in [0.25, 0.3) is 0 Å². The van der Waals surface area contributed by atoms with E-state index < -0.39 is 15.8 Å². The highest BCUT2D eigenvalue weighted by atomic mass is 32.2. The Labute approximate surface area is 123 Å². The zero-order valence-corrected chi connectivity index (χ0v) is 12.8. The third-order valence-electron chi connectivity index (χ3n) is 3.18. The minimum absolute atomic E-state index is 0.00642. The van der Waals surface area contributed by atoms with Crippen molar-refractivity contribution in [2.24, 2.45) is 0 Å². The van der Waals surface area contributed by atoms with E-state index >= 15 is 0 Å². The summed E-state index contributed by atoms with van der Waals surface area (Å²) >= 11 is 0. The van der Waals surface area contributed by atoms with E-state index in [4.69, 9.17) is 4.74 Å². The highest BCUT2D eigenvalue weighted by Crippen LogP contribution is 2.25. The molecular formula is C15H16FNO3S. The van der Waals surface area contributed by atoms with Crippen LogP contribution in [0, 0.1) is 12.7 Å². The molecule has 0 bridgehead atoms. The summed E-state index contributed by atoms with van der Waals surface area (Å²) in [6.07, 6.45) is 0. The molecule has 0 aliphatic carbocycles. The van der Waals surface area contributed by atoms with Gasteiger partial charge in [-0.2, -0.15) is 0 Å². The Kier molecular flexibility index (Phi) is 4.18. The average Bonchev–Trinajstić information content (AvgIpc) is 2.47. The second kappa shape index (κ2) is 5.73. The molecule has 0 aromatic heterocycles. The van der Waals surface area contributed by atoms with Gasteiger partial charge >= 0.3 is 0 Å². The van der Waals surface area contributed by atoms with Gasteiger partial charge in [0.25, 0.3) is 10.0 Å². The molecule has 0 amide bonds. The standard InChI is InChI=1S/C15H16FNO3S/c1-11-4-6-12(7-5-11)17(2)21(18,19)13-8-9-15(20-3)14(16)10-13/h4-10H,1-3H3. The Morgan fingerprint density at radius 3 is 2.24 bits per heavy atom. The number of halogens is 1. The summed E-state index contributed by atoms with van der Waals surface area (Å²) in [4.78, 5) is -0.121. The SMILES string of the molecule is COc1ccc(S(=O)(=O)N(C)c2ccc(C)cc2)cc1F. The normalized spacial score (nSPS) is 11.2. The first-order chi connectivity index (χ1) is 9.86. The van der Waals surface area contributed by atoms with Gasteiger partial charge in [0.15, 0.2) is 11.6 Å². The number of anilines is 1. The van der Waals surface area contributed by atoms with Crippen molar-refractivity contribution in [3.8, 4) is 5.75 Å². The summed E-state index contributed by atoms with van der Waals surface area (Å²) in [6.45, 7) is 1.91. The second-order valence-corrected chi connectivity index (χ2v) is 6.57. The van der Waals surface area contributed by atoms with Crippen LogP contribution < -0.4 is 9.04 Å². The largest absolute Gasteiger partial charge is 0.494 e. The van der Waals surface area contributed by atoms with Crippen molar-refractivity contribution in [3.63, 3.8) is 0 Å². The van der Waals surface area contributed by atoms with Crippen LogP contribution in [0.2, 0.25) is 0 Å². The zero-order valence-electron chi connectivity index (χ0n) is 12.0. The third-order valence-corrected chi connectivity index (χ3v) is 4.96. The highest BCUT2D eigenvalue weighted by Gasteiger charge is 2.22. The van der Waals surface area contributed by atoms with Crippen LogP contribution in [0.5, 0.6) is 5.75 Å². The van der Waals surface area contributed by atoms with Crippen LogP contribution in [0.15, 0.2) is 47.4 Å². The van der Waals surface area contributed by atoms with Crippen molar-refractivity contribution in [1.82, 2.24) is 0 Å². The number of hydrogen-bond acceptors (Lipinski definition) is 3. The molecule has 2 rings (SSSR count). The molecule has 0 spiro atoms. The predicted molar refractivity (Wildman–Crippen MR) is 79.7 cm³/mol. The van der Waals surface area contributed by atoms with Gasteiger partial charge in [-0.3, -0.25) is 4.31 Å². The van der Waals surface area contributed by atoms with E-state index in [1.807, 2.05) is 19.1 Å². The van der Waals surface area contributed by atoms with Gasteiger partial charge in [0.05, 0.1) is 17.7 Å². The van der Waals surface area contributed by atoms with Crippen LogP contribution in [0.1, 0.15) is 5.56 Å². The number of nitrogens with zero attached hydrogens (tertiary/aromatic N) is 1. The third kappa shape index (κ3) is 3.00. The molecule has 0 N–H and O–H groups in total. The molecule has 0 heterocycles. The first kappa shape index (κ1) is 15.3. The molecule has 0 unspecified atom stereocenters. The van der Waals surface area contributed by atoms with Gasteiger partial charge in [0.1, 0.15) is 0 Å². The zero-order chi connectivity index (χ0) is 15.6. The second-order valence-electron chi connectivity index (χ2n) is 4.60. The van der Waals surface area contributed by atoms with Crippen molar-refractivity contribution in [3.05, 3.63) is 53.8 Å². The van der Waals surface area contributed by atoms with Gasteiger partial charge in [-0.1, -0.05) is 17.7 Å². The molecule has 6 heteroatoms. The highest BCUT2D eigenvalue weighted by molar-refractivity contribution is 7.92. The molecule has 0 atom stereocenters. The number of benzene rings is 2. The lowest BCUT2D eigenvalue weighted by molar-refractivity contribution is 0.385. The van der Waals surface area contributed by atoms with Crippen molar-refractivity contribution in [2.75, 3.05) is 18.5 Å². The van der Waals surface area contributed by atoms with E-state index in [1.54, 1.807) is 12.1 Å². The van der Waals surface area contributed by atoms with Crippen LogP contribution in [-0.4, -0.2) is 22.6 Å². The first-order valence-electron chi connectivity index (χ1n) is 6.25. The van der Waals surface area contributed by atoms with Crippen LogP contribution in [0.3, 0.4) is 0 Å². The van der Waals surface area contributed by atoms with Crippen LogP contribution in [-0.2, 0) is 10.0 Å². The number of sulfonamides is 1. The molecule has 112 valence electrons. The van der Waals surface area contributed by atoms with E-state index in [0.717, 1.165) is 15.9 Å². The fraction of sp³-hybridized carbons (Fsp3) is 0.200. The van der Waals surface area contributed by atoms with E-state index in [9.17, 15) is 12.8 Å². The quantitative estimate of drug-likeness (QED) is 0.872. The lowest BCUT2D eigenvalue weighted by atomic mass is 10.2. The summed E-state index contributed by atoms with van der Waals surface area (Å²) < 4.78 is 44.6. The van der Waals surface area contributed by atoms with Gasteiger partial charge in [0, 0.05) is 7.05 Å². The lowest BCUT2D eigenvalue weighted by Gasteiger charge is -2.20. The Balaban J connectivity index is 2.41. The Morgan fingerprint density at radius 2 is 1.71 bits per heavy atom. The summed E-state index contributed by atoms with van der Waals surface area (Å²) in [5, 5.41) is 0. The monoisotopic (exact) mass is 309 g/mol. The van der Waals surface area contributed by atoms with Crippen LogP contribution in [0.4, 0.5) is 10.1 Å². The van der Waals surface area contributed by atoms with E-state index in [2.05, 4.69) is 0 Å². The molecule has 2 aromatic carbocycles. The van der Waals surface area contributed by atoms with Crippen molar-refractivity contribution < 1.29 is 17.5 Å². The fourth-order valence-corrected chi connectivity index (χ4v) is 3.07. The molecule has 21 heavy (non-hydrogen) atoms. The molecule has 4 nitrogen and oxygen atoms in total. The average molecular weight is 309 g/mol. The van der Waals surface area contributed by atoms with Gasteiger partial charge in [0.2, 0.25) is 0 Å². The number of ether oxygens (including phenoxy) is 1.